The van der Waals surface area contributed by atoms with Gasteiger partial charge in [0.05, 0.1) is 29.0 Å². The predicted octanol–water partition coefficient (Wildman–Crippen LogP) is 1.28. The van der Waals surface area contributed by atoms with E-state index in [1.54, 1.807) is 36.4 Å². The Labute approximate surface area is 374 Å². The van der Waals surface area contributed by atoms with E-state index in [9.17, 15) is 39.6 Å². The molecule has 64 heavy (non-hydrogen) atoms. The van der Waals surface area contributed by atoms with Gasteiger partial charge in [0.15, 0.2) is 18.3 Å². The molecule has 4 N–H and O–H groups in total. The lowest BCUT2D eigenvalue weighted by Gasteiger charge is -2.44. The summed E-state index contributed by atoms with van der Waals surface area (Å²) >= 11 is 0. The molecule has 4 aliphatic heterocycles. The lowest BCUT2D eigenvalue weighted by molar-refractivity contribution is -0.254. The number of carbonyl (C=O) groups is 4. The van der Waals surface area contributed by atoms with E-state index in [0.717, 1.165) is 10.9 Å². The third-order valence-corrected chi connectivity index (χ3v) is 12.5. The van der Waals surface area contributed by atoms with Gasteiger partial charge in [0.25, 0.3) is 0 Å². The minimum atomic E-state index is -1.39. The minimum absolute atomic E-state index is 0.291. The van der Waals surface area contributed by atoms with Gasteiger partial charge in [-0.15, -0.1) is 0 Å². The van der Waals surface area contributed by atoms with E-state index in [2.05, 4.69) is 0 Å². The summed E-state index contributed by atoms with van der Waals surface area (Å²) in [5.41, 5.74) is 0.882. The summed E-state index contributed by atoms with van der Waals surface area (Å²) in [6, 6.07) is 14.2. The molecule has 4 saturated heterocycles. The van der Waals surface area contributed by atoms with Gasteiger partial charge >= 0.3 is 38.1 Å². The Kier molecular flexibility index (Phi) is 15.9. The zero-order valence-electron chi connectivity index (χ0n) is 38.5. The number of esters is 4. The second-order valence-corrected chi connectivity index (χ2v) is 18.4. The van der Waals surface area contributed by atoms with E-state index in [-0.39, 0.29) is 6.61 Å². The fourth-order valence-corrected chi connectivity index (χ4v) is 7.52. The molecule has 0 bridgehead atoms. The first kappa shape index (κ1) is 51.0. The Morgan fingerprint density at radius 3 is 1.28 bits per heavy atom. The zero-order chi connectivity index (χ0) is 47.7. The molecule has 6 rings (SSSR count). The average molecular weight is 901 g/mol. The highest BCUT2D eigenvalue weighted by Gasteiger charge is 2.55. The average Bonchev–Trinajstić information content (AvgIpc) is 3.56. The van der Waals surface area contributed by atoms with Crippen LogP contribution in [0.1, 0.15) is 106 Å². The molecular formula is C44H62B2O18. The Morgan fingerprint density at radius 1 is 0.516 bits per heavy atom. The van der Waals surface area contributed by atoms with Crippen molar-refractivity contribution in [2.45, 2.75) is 167 Å². The van der Waals surface area contributed by atoms with Crippen LogP contribution in [0.5, 0.6) is 0 Å². The van der Waals surface area contributed by atoms with Gasteiger partial charge in [0, 0.05) is 27.7 Å². The number of rotatable bonds is 10. The van der Waals surface area contributed by atoms with Crippen LogP contribution in [0.15, 0.2) is 48.5 Å². The maximum atomic E-state index is 12.1. The summed E-state index contributed by atoms with van der Waals surface area (Å²) in [5.74, 6) is -2.61. The number of aliphatic hydroxyl groups is 4. The molecule has 0 radical (unpaired) electrons. The number of aliphatic hydroxyl groups excluding tert-OH is 4. The van der Waals surface area contributed by atoms with E-state index >= 15 is 0 Å². The first-order chi connectivity index (χ1) is 29.7. The SMILES string of the molecule is CC(=O)OCC1OC(c2ccc(B3OC(C)(C)C(C)(C)O3)cc2)C(OC(C)=O)C(OC(C)=O)C1OC(C)=O.CC1(C)OB(c2ccc(C3OC(CO)C(O)C(O)C3O)cc2)OC1(C)C. The predicted molar refractivity (Wildman–Crippen MR) is 228 cm³/mol. The topological polar surface area (TPSA) is 241 Å². The molecule has 2 aromatic carbocycles. The highest BCUT2D eigenvalue weighted by atomic mass is 16.7. The van der Waals surface area contributed by atoms with Gasteiger partial charge in [-0.3, -0.25) is 19.2 Å². The fourth-order valence-electron chi connectivity index (χ4n) is 7.52. The third-order valence-electron chi connectivity index (χ3n) is 12.5. The van der Waals surface area contributed by atoms with E-state index < -0.39 is 128 Å². The van der Waals surface area contributed by atoms with Crippen LogP contribution in [-0.4, -0.2) is 143 Å². The van der Waals surface area contributed by atoms with Gasteiger partial charge < -0.3 is 67.5 Å². The lowest BCUT2D eigenvalue weighted by Crippen LogP contribution is -2.59. The Bertz CT molecular complexity index is 1920. The van der Waals surface area contributed by atoms with Crippen molar-refractivity contribution in [3.63, 3.8) is 0 Å². The van der Waals surface area contributed by atoms with Gasteiger partial charge in [0.1, 0.15) is 49.3 Å². The summed E-state index contributed by atoms with van der Waals surface area (Å²) in [6.07, 6.45) is -11.4. The molecule has 18 nitrogen and oxygen atoms in total. The zero-order valence-corrected chi connectivity index (χ0v) is 38.5. The molecule has 0 aromatic heterocycles. The highest BCUT2D eigenvalue weighted by Crippen LogP contribution is 2.40. The van der Waals surface area contributed by atoms with Crippen molar-refractivity contribution in [1.29, 1.82) is 0 Å². The normalized spacial score (nSPS) is 31.2. The number of benzene rings is 2. The molecule has 10 unspecified atom stereocenters. The van der Waals surface area contributed by atoms with Crippen molar-refractivity contribution in [1.82, 2.24) is 0 Å². The second-order valence-electron chi connectivity index (χ2n) is 18.4. The Morgan fingerprint density at radius 2 is 0.891 bits per heavy atom. The molecule has 4 heterocycles. The third kappa shape index (κ3) is 11.3. The molecule has 20 heteroatoms. The maximum absolute atomic E-state index is 12.1. The smallest absolute Gasteiger partial charge is 0.463 e. The number of hydrogen-bond acceptors (Lipinski definition) is 18. The number of carbonyl (C=O) groups excluding carboxylic acids is 4. The van der Waals surface area contributed by atoms with Crippen LogP contribution in [0.4, 0.5) is 0 Å². The van der Waals surface area contributed by atoms with Crippen molar-refractivity contribution in [3.8, 4) is 0 Å². The van der Waals surface area contributed by atoms with Crippen LogP contribution in [-0.2, 0) is 66.2 Å². The molecule has 0 amide bonds. The lowest BCUT2D eigenvalue weighted by atomic mass is 9.78. The van der Waals surface area contributed by atoms with Gasteiger partial charge in [-0.25, -0.2) is 0 Å². The molecule has 0 spiro atoms. The van der Waals surface area contributed by atoms with Gasteiger partial charge in [-0.1, -0.05) is 48.5 Å². The van der Waals surface area contributed by atoms with Crippen molar-refractivity contribution in [2.75, 3.05) is 13.2 Å². The molecule has 10 atom stereocenters. The van der Waals surface area contributed by atoms with E-state index in [1.807, 2.05) is 67.5 Å². The first-order valence-corrected chi connectivity index (χ1v) is 21.2. The van der Waals surface area contributed by atoms with Crippen LogP contribution < -0.4 is 10.9 Å². The quantitative estimate of drug-likeness (QED) is 0.149. The van der Waals surface area contributed by atoms with Crippen LogP contribution in [0.25, 0.3) is 0 Å². The second kappa shape index (κ2) is 19.9. The first-order valence-electron chi connectivity index (χ1n) is 21.2. The van der Waals surface area contributed by atoms with Gasteiger partial charge in [-0.05, 0) is 77.4 Å². The Hall–Kier alpha value is -3.95. The van der Waals surface area contributed by atoms with Crippen LogP contribution >= 0.6 is 0 Å². The van der Waals surface area contributed by atoms with E-state index in [4.69, 9.17) is 47.0 Å². The summed E-state index contributed by atoms with van der Waals surface area (Å²) < 4.78 is 57.6. The van der Waals surface area contributed by atoms with Gasteiger partial charge in [0.2, 0.25) is 0 Å². The molecule has 4 aliphatic rings. The molecule has 2 aromatic rings. The number of hydrogen-bond donors (Lipinski definition) is 4. The van der Waals surface area contributed by atoms with Crippen molar-refractivity contribution < 1.29 is 86.6 Å². The molecule has 0 aliphatic carbocycles. The van der Waals surface area contributed by atoms with Crippen molar-refractivity contribution in [2.24, 2.45) is 0 Å². The standard InChI is InChI=1S/C26H35BO11.C18H27BO7/c1-14(28)32-13-20-22(33-15(2)29)24(35-17(4)31)23(34-16(3)30)21(36-20)18-9-11-19(12-10-18)27-37-25(5,6)26(7,8)38-27;1-17(2)18(3,4)26-19(25-17)11-7-5-10(6-8-11)16-15(23)14(22)13(21)12(9-20)24-16/h9-12,20-24H,13H2,1-8H3;5-8,12-16,20-23H,9H2,1-4H3. The van der Waals surface area contributed by atoms with Crippen LogP contribution in [0, 0.1) is 0 Å². The summed E-state index contributed by atoms with van der Waals surface area (Å²) in [7, 11) is -1.09. The summed E-state index contributed by atoms with van der Waals surface area (Å²) in [6.45, 7) is 19.8. The largest absolute Gasteiger partial charge is 0.494 e. The monoisotopic (exact) mass is 900 g/mol. The van der Waals surface area contributed by atoms with Gasteiger partial charge in [-0.2, -0.15) is 0 Å². The molecule has 4 fully saturated rings. The van der Waals surface area contributed by atoms with Crippen LogP contribution in [0.2, 0.25) is 0 Å². The van der Waals surface area contributed by atoms with E-state index in [1.165, 1.54) is 27.7 Å². The Balaban J connectivity index is 0.000000258. The van der Waals surface area contributed by atoms with Crippen molar-refractivity contribution >= 4 is 49.0 Å². The minimum Gasteiger partial charge on any atom is -0.463 e. The highest BCUT2D eigenvalue weighted by molar-refractivity contribution is 6.62. The number of ether oxygens (including phenoxy) is 6. The maximum Gasteiger partial charge on any atom is 0.494 e. The molecule has 0 saturated carbocycles. The molecule has 352 valence electrons. The van der Waals surface area contributed by atoms with E-state index in [0.29, 0.717) is 11.1 Å². The summed E-state index contributed by atoms with van der Waals surface area (Å²) in [4.78, 5) is 47.5. The summed E-state index contributed by atoms with van der Waals surface area (Å²) in [5, 5.41) is 39.4. The fraction of sp³-hybridized carbons (Fsp3) is 0.636. The van der Waals surface area contributed by atoms with Crippen molar-refractivity contribution in [3.05, 3.63) is 59.7 Å². The van der Waals surface area contributed by atoms with Crippen LogP contribution in [0.3, 0.4) is 0 Å². The molecular weight excluding hydrogens is 838 g/mol.